The van der Waals surface area contributed by atoms with Crippen LogP contribution in [0.3, 0.4) is 0 Å². The lowest BCUT2D eigenvalue weighted by Gasteiger charge is -2.17. The summed E-state index contributed by atoms with van der Waals surface area (Å²) in [5.41, 5.74) is 1.46. The Hall–Kier alpha value is -1.40. The molecule has 3 heterocycles. The van der Waals surface area contributed by atoms with Gasteiger partial charge in [0.2, 0.25) is 5.28 Å². The highest BCUT2D eigenvalue weighted by Gasteiger charge is 2.25. The van der Waals surface area contributed by atoms with Crippen molar-refractivity contribution in [2.24, 2.45) is 5.92 Å². The van der Waals surface area contributed by atoms with Crippen molar-refractivity contribution in [3.05, 3.63) is 11.6 Å². The van der Waals surface area contributed by atoms with Crippen LogP contribution in [0.25, 0.3) is 11.2 Å². The number of anilines is 1. The standard InChI is InChI=1S/C11H14ClN5O/c1-18-5-7-2-3-17(4-7)10-8-9(14-6-13-8)15-11(12)16-10/h6-7H,2-5H2,1H3,(H,13,14,15,16). The first-order chi connectivity index (χ1) is 8.78. The second kappa shape index (κ2) is 4.70. The number of imidazole rings is 1. The van der Waals surface area contributed by atoms with Gasteiger partial charge < -0.3 is 14.6 Å². The molecule has 2 aromatic rings. The third-order valence-corrected chi connectivity index (χ3v) is 3.40. The topological polar surface area (TPSA) is 66.9 Å². The molecule has 2 aromatic heterocycles. The minimum atomic E-state index is 0.236. The average Bonchev–Trinajstić information content (AvgIpc) is 2.96. The molecular weight excluding hydrogens is 254 g/mol. The number of halogens is 1. The van der Waals surface area contributed by atoms with E-state index in [1.165, 1.54) is 0 Å². The highest BCUT2D eigenvalue weighted by molar-refractivity contribution is 6.28. The van der Waals surface area contributed by atoms with Crippen molar-refractivity contribution in [1.29, 1.82) is 0 Å². The predicted molar refractivity (Wildman–Crippen MR) is 68.9 cm³/mol. The van der Waals surface area contributed by atoms with Gasteiger partial charge in [-0.05, 0) is 18.0 Å². The monoisotopic (exact) mass is 267 g/mol. The van der Waals surface area contributed by atoms with Crippen molar-refractivity contribution in [2.75, 3.05) is 31.7 Å². The fraction of sp³-hybridized carbons (Fsp3) is 0.545. The van der Waals surface area contributed by atoms with Gasteiger partial charge in [0, 0.05) is 26.1 Å². The molecule has 18 heavy (non-hydrogen) atoms. The van der Waals surface area contributed by atoms with E-state index in [0.29, 0.717) is 11.6 Å². The lowest BCUT2D eigenvalue weighted by Crippen LogP contribution is -2.22. The molecule has 6 nitrogen and oxygen atoms in total. The number of hydrogen-bond acceptors (Lipinski definition) is 5. The molecule has 0 saturated carbocycles. The van der Waals surface area contributed by atoms with Crippen molar-refractivity contribution >= 4 is 28.6 Å². The van der Waals surface area contributed by atoms with Crippen LogP contribution >= 0.6 is 11.6 Å². The van der Waals surface area contributed by atoms with E-state index in [1.807, 2.05) is 0 Å². The quantitative estimate of drug-likeness (QED) is 0.853. The van der Waals surface area contributed by atoms with Gasteiger partial charge in [-0.15, -0.1) is 0 Å². The minimum absolute atomic E-state index is 0.236. The fourth-order valence-corrected chi connectivity index (χ4v) is 2.58. The number of H-pyrrole nitrogens is 1. The number of nitrogens with zero attached hydrogens (tertiary/aromatic N) is 4. The lowest BCUT2D eigenvalue weighted by atomic mass is 10.1. The van der Waals surface area contributed by atoms with Gasteiger partial charge >= 0.3 is 0 Å². The van der Waals surface area contributed by atoms with E-state index in [2.05, 4.69) is 24.8 Å². The van der Waals surface area contributed by atoms with Crippen molar-refractivity contribution in [1.82, 2.24) is 19.9 Å². The molecule has 96 valence electrons. The maximum absolute atomic E-state index is 5.93. The number of rotatable bonds is 3. The van der Waals surface area contributed by atoms with Gasteiger partial charge in [-0.3, -0.25) is 0 Å². The summed E-state index contributed by atoms with van der Waals surface area (Å²) >= 11 is 5.93. The summed E-state index contributed by atoms with van der Waals surface area (Å²) in [5.74, 6) is 1.38. The summed E-state index contributed by atoms with van der Waals surface area (Å²) in [6, 6.07) is 0. The van der Waals surface area contributed by atoms with Crippen molar-refractivity contribution in [3.63, 3.8) is 0 Å². The number of aromatic nitrogens is 4. The Bertz CT molecular complexity index is 557. The average molecular weight is 268 g/mol. The zero-order valence-electron chi connectivity index (χ0n) is 10.1. The number of nitrogens with one attached hydrogen (secondary N) is 1. The van der Waals surface area contributed by atoms with Gasteiger partial charge in [0.1, 0.15) is 5.52 Å². The zero-order valence-corrected chi connectivity index (χ0v) is 10.8. The fourth-order valence-electron chi connectivity index (χ4n) is 2.42. The molecule has 1 saturated heterocycles. The molecule has 0 radical (unpaired) electrons. The molecule has 0 spiro atoms. The number of methoxy groups -OCH3 is 1. The molecule has 1 aliphatic heterocycles. The van der Waals surface area contributed by atoms with E-state index in [-0.39, 0.29) is 5.28 Å². The summed E-state index contributed by atoms with van der Waals surface area (Å²) in [6.45, 7) is 2.66. The van der Waals surface area contributed by atoms with Crippen LogP contribution in [0.15, 0.2) is 6.33 Å². The molecule has 7 heteroatoms. The summed E-state index contributed by atoms with van der Waals surface area (Å²) < 4.78 is 5.20. The number of fused-ring (bicyclic) bond motifs is 1. The Balaban J connectivity index is 1.92. The first-order valence-electron chi connectivity index (χ1n) is 5.88. The molecule has 1 fully saturated rings. The van der Waals surface area contributed by atoms with Crippen molar-refractivity contribution in [3.8, 4) is 0 Å². The maximum atomic E-state index is 5.93. The Morgan fingerprint density at radius 1 is 1.56 bits per heavy atom. The van der Waals surface area contributed by atoms with Crippen LogP contribution in [0.5, 0.6) is 0 Å². The first-order valence-corrected chi connectivity index (χ1v) is 6.26. The van der Waals surface area contributed by atoms with E-state index in [0.717, 1.165) is 37.5 Å². The SMILES string of the molecule is COCC1CCN(c2nc(Cl)nc3nc[nH]c23)C1. The third kappa shape index (κ3) is 2.02. The van der Waals surface area contributed by atoms with Gasteiger partial charge in [0.05, 0.1) is 12.9 Å². The second-order valence-electron chi connectivity index (χ2n) is 4.47. The normalized spacial score (nSPS) is 19.9. The van der Waals surface area contributed by atoms with Crippen LogP contribution < -0.4 is 4.90 Å². The Kier molecular flexibility index (Phi) is 3.05. The van der Waals surface area contributed by atoms with Gasteiger partial charge in [-0.1, -0.05) is 0 Å². The molecule has 0 bridgehead atoms. The summed E-state index contributed by atoms with van der Waals surface area (Å²) in [4.78, 5) is 17.8. The van der Waals surface area contributed by atoms with E-state index in [9.17, 15) is 0 Å². The van der Waals surface area contributed by atoms with E-state index in [4.69, 9.17) is 16.3 Å². The lowest BCUT2D eigenvalue weighted by molar-refractivity contribution is 0.161. The van der Waals surface area contributed by atoms with Gasteiger partial charge in [-0.25, -0.2) is 4.98 Å². The van der Waals surface area contributed by atoms with E-state index < -0.39 is 0 Å². The second-order valence-corrected chi connectivity index (χ2v) is 4.81. The largest absolute Gasteiger partial charge is 0.384 e. The number of aromatic amines is 1. The van der Waals surface area contributed by atoms with Gasteiger partial charge in [0.15, 0.2) is 11.5 Å². The van der Waals surface area contributed by atoms with E-state index >= 15 is 0 Å². The highest BCUT2D eigenvalue weighted by Crippen LogP contribution is 2.27. The molecule has 1 unspecified atom stereocenters. The minimum Gasteiger partial charge on any atom is -0.384 e. The predicted octanol–water partition coefficient (Wildman–Crippen LogP) is 1.48. The van der Waals surface area contributed by atoms with Gasteiger partial charge in [-0.2, -0.15) is 9.97 Å². The van der Waals surface area contributed by atoms with Crippen LogP contribution in [0, 0.1) is 5.92 Å². The molecule has 1 atom stereocenters. The summed E-state index contributed by atoms with van der Waals surface area (Å²) in [5, 5.41) is 0.236. The van der Waals surface area contributed by atoms with Crippen LogP contribution in [0.2, 0.25) is 5.28 Å². The maximum Gasteiger partial charge on any atom is 0.226 e. The Morgan fingerprint density at radius 3 is 3.28 bits per heavy atom. The molecular formula is C11H14ClN5O. The summed E-state index contributed by atoms with van der Waals surface area (Å²) in [7, 11) is 1.73. The Labute approximate surface area is 109 Å². The molecule has 1 N–H and O–H groups in total. The first kappa shape index (κ1) is 11.7. The zero-order chi connectivity index (χ0) is 12.5. The van der Waals surface area contributed by atoms with Crippen LogP contribution in [0.4, 0.5) is 5.82 Å². The number of ether oxygens (including phenoxy) is 1. The molecule has 0 amide bonds. The van der Waals surface area contributed by atoms with Gasteiger partial charge in [0.25, 0.3) is 0 Å². The van der Waals surface area contributed by atoms with Crippen molar-refractivity contribution in [2.45, 2.75) is 6.42 Å². The number of hydrogen-bond donors (Lipinski definition) is 1. The molecule has 0 aromatic carbocycles. The van der Waals surface area contributed by atoms with Crippen LogP contribution in [-0.2, 0) is 4.74 Å². The molecule has 0 aliphatic carbocycles. The highest BCUT2D eigenvalue weighted by atomic mass is 35.5. The molecule has 1 aliphatic rings. The summed E-state index contributed by atoms with van der Waals surface area (Å²) in [6.07, 6.45) is 2.72. The third-order valence-electron chi connectivity index (χ3n) is 3.23. The van der Waals surface area contributed by atoms with Crippen LogP contribution in [0.1, 0.15) is 6.42 Å². The van der Waals surface area contributed by atoms with Crippen LogP contribution in [-0.4, -0.2) is 46.7 Å². The smallest absolute Gasteiger partial charge is 0.226 e. The molecule has 3 rings (SSSR count). The van der Waals surface area contributed by atoms with Crippen molar-refractivity contribution < 1.29 is 4.74 Å². The van der Waals surface area contributed by atoms with E-state index in [1.54, 1.807) is 13.4 Å². The Morgan fingerprint density at radius 2 is 2.44 bits per heavy atom.